The summed E-state index contributed by atoms with van der Waals surface area (Å²) >= 11 is 10.8. The second kappa shape index (κ2) is 7.35. The fourth-order valence-corrected chi connectivity index (χ4v) is 3.64. The molecule has 7 heteroatoms. The van der Waals surface area contributed by atoms with Crippen molar-refractivity contribution in [3.8, 4) is 0 Å². The van der Waals surface area contributed by atoms with E-state index in [9.17, 15) is 9.18 Å². The van der Waals surface area contributed by atoms with Crippen molar-refractivity contribution in [1.29, 1.82) is 0 Å². The Labute approximate surface area is 139 Å². The van der Waals surface area contributed by atoms with Gasteiger partial charge >= 0.3 is 0 Å². The van der Waals surface area contributed by atoms with E-state index in [1.54, 1.807) is 11.3 Å². The highest BCUT2D eigenvalue weighted by atomic mass is 79.9. The van der Waals surface area contributed by atoms with Crippen LogP contribution >= 0.6 is 38.9 Å². The smallest absolute Gasteiger partial charge is 0.279 e. The van der Waals surface area contributed by atoms with E-state index >= 15 is 0 Å². The van der Waals surface area contributed by atoms with Crippen molar-refractivity contribution in [2.24, 2.45) is 0 Å². The number of rotatable bonds is 5. The number of hydrogen-bond acceptors (Lipinski definition) is 2. The lowest BCUT2D eigenvalue weighted by molar-refractivity contribution is -0.884. The number of hydrogen-bond donors (Lipinski definition) is 2. The van der Waals surface area contributed by atoms with Gasteiger partial charge in [-0.1, -0.05) is 11.6 Å². The van der Waals surface area contributed by atoms with Crippen LogP contribution in [0.15, 0.2) is 34.1 Å². The molecule has 2 aromatic rings. The SMILES string of the molecule is C[NH+](CC(=O)Nc1cc(Cl)ccc1F)Cc1ccc(Br)s1. The second-order valence-electron chi connectivity index (χ2n) is 4.69. The highest BCUT2D eigenvalue weighted by molar-refractivity contribution is 9.11. The minimum Gasteiger partial charge on any atom is -0.325 e. The molecule has 0 spiro atoms. The van der Waals surface area contributed by atoms with E-state index in [2.05, 4.69) is 21.2 Å². The Hall–Kier alpha value is -0.950. The minimum atomic E-state index is -0.493. The van der Waals surface area contributed by atoms with Crippen molar-refractivity contribution in [1.82, 2.24) is 0 Å². The monoisotopic (exact) mass is 391 g/mol. The molecule has 0 radical (unpaired) electrons. The Morgan fingerprint density at radius 2 is 2.19 bits per heavy atom. The molecule has 1 unspecified atom stereocenters. The van der Waals surface area contributed by atoms with E-state index in [-0.39, 0.29) is 18.1 Å². The number of amides is 1. The van der Waals surface area contributed by atoms with Gasteiger partial charge in [0, 0.05) is 5.02 Å². The zero-order valence-electron chi connectivity index (χ0n) is 11.3. The summed E-state index contributed by atoms with van der Waals surface area (Å²) in [6.45, 7) is 0.989. The predicted molar refractivity (Wildman–Crippen MR) is 87.5 cm³/mol. The Bertz CT molecular complexity index is 650. The lowest BCUT2D eigenvalue weighted by atomic mass is 10.3. The number of thiophene rings is 1. The number of halogens is 3. The fraction of sp³-hybridized carbons (Fsp3) is 0.214. The maximum atomic E-state index is 13.5. The van der Waals surface area contributed by atoms with Crippen molar-refractivity contribution in [2.75, 3.05) is 18.9 Å². The van der Waals surface area contributed by atoms with Crippen LogP contribution in [0.5, 0.6) is 0 Å². The molecule has 0 bridgehead atoms. The van der Waals surface area contributed by atoms with E-state index < -0.39 is 5.82 Å². The summed E-state index contributed by atoms with van der Waals surface area (Å²) in [5, 5.41) is 2.93. The van der Waals surface area contributed by atoms with Crippen molar-refractivity contribution < 1.29 is 14.1 Å². The summed E-state index contributed by atoms with van der Waals surface area (Å²) in [5.41, 5.74) is 0.110. The van der Waals surface area contributed by atoms with Crippen LogP contribution in [0.2, 0.25) is 5.02 Å². The first-order chi connectivity index (χ1) is 9.94. The molecule has 0 saturated heterocycles. The molecule has 1 amide bonds. The first-order valence-corrected chi connectivity index (χ1v) is 8.23. The van der Waals surface area contributed by atoms with E-state index in [4.69, 9.17) is 11.6 Å². The molecule has 1 heterocycles. The number of nitrogens with one attached hydrogen (secondary N) is 2. The summed E-state index contributed by atoms with van der Waals surface area (Å²) < 4.78 is 14.6. The van der Waals surface area contributed by atoms with Crippen LogP contribution in [0.1, 0.15) is 4.88 Å². The van der Waals surface area contributed by atoms with Crippen LogP contribution in [-0.4, -0.2) is 19.5 Å². The summed E-state index contributed by atoms with van der Waals surface area (Å²) in [7, 11) is 1.92. The van der Waals surface area contributed by atoms with Gasteiger partial charge in [-0.25, -0.2) is 4.39 Å². The summed E-state index contributed by atoms with van der Waals surface area (Å²) in [4.78, 5) is 14.1. The molecule has 2 N–H and O–H groups in total. The molecule has 1 aromatic carbocycles. The number of carbonyl (C=O) groups is 1. The zero-order valence-corrected chi connectivity index (χ0v) is 14.4. The molecule has 21 heavy (non-hydrogen) atoms. The largest absolute Gasteiger partial charge is 0.325 e. The molecular formula is C14H14BrClFN2OS+. The van der Waals surface area contributed by atoms with Crippen LogP contribution in [0, 0.1) is 5.82 Å². The van der Waals surface area contributed by atoms with Gasteiger partial charge in [0.1, 0.15) is 12.4 Å². The van der Waals surface area contributed by atoms with Crippen molar-refractivity contribution in [3.05, 3.63) is 49.8 Å². The van der Waals surface area contributed by atoms with E-state index in [0.717, 1.165) is 15.2 Å². The summed E-state index contributed by atoms with van der Waals surface area (Å²) in [5.74, 6) is -0.739. The van der Waals surface area contributed by atoms with Crippen LogP contribution in [0.3, 0.4) is 0 Å². The van der Waals surface area contributed by atoms with Crippen LogP contribution in [-0.2, 0) is 11.3 Å². The maximum Gasteiger partial charge on any atom is 0.279 e. The molecule has 0 aliphatic carbocycles. The molecule has 0 saturated carbocycles. The highest BCUT2D eigenvalue weighted by Crippen LogP contribution is 2.21. The average Bonchev–Trinajstić information content (AvgIpc) is 2.79. The molecular weight excluding hydrogens is 379 g/mol. The molecule has 1 aromatic heterocycles. The number of carbonyl (C=O) groups excluding carboxylic acids is 1. The van der Waals surface area contributed by atoms with Crippen molar-refractivity contribution in [2.45, 2.75) is 6.54 Å². The topological polar surface area (TPSA) is 33.5 Å². The van der Waals surface area contributed by atoms with Gasteiger partial charge in [-0.2, -0.15) is 0 Å². The van der Waals surface area contributed by atoms with Gasteiger partial charge in [0.25, 0.3) is 5.91 Å². The lowest BCUT2D eigenvalue weighted by Gasteiger charge is -2.13. The number of likely N-dealkylation sites (N-methyl/N-ethyl adjacent to an activating group) is 1. The third-order valence-electron chi connectivity index (χ3n) is 2.77. The molecule has 0 aliphatic rings. The zero-order chi connectivity index (χ0) is 15.4. The minimum absolute atomic E-state index is 0.110. The van der Waals surface area contributed by atoms with Gasteiger partial charge in [-0.05, 0) is 46.3 Å². The molecule has 0 aliphatic heterocycles. The van der Waals surface area contributed by atoms with Gasteiger partial charge in [0.2, 0.25) is 0 Å². The van der Waals surface area contributed by atoms with Crippen molar-refractivity contribution >= 4 is 50.5 Å². The van der Waals surface area contributed by atoms with Gasteiger partial charge in [-0.15, -0.1) is 11.3 Å². The lowest BCUT2D eigenvalue weighted by Crippen LogP contribution is -3.08. The maximum absolute atomic E-state index is 13.5. The second-order valence-corrected chi connectivity index (χ2v) is 7.67. The molecule has 1 atom stereocenters. The average molecular weight is 393 g/mol. The molecule has 112 valence electrons. The summed E-state index contributed by atoms with van der Waals surface area (Å²) in [6, 6.07) is 8.08. The Balaban J connectivity index is 1.90. The first kappa shape index (κ1) is 16.4. The van der Waals surface area contributed by atoms with Crippen LogP contribution in [0.4, 0.5) is 10.1 Å². The van der Waals surface area contributed by atoms with Gasteiger partial charge in [0.05, 0.1) is 21.4 Å². The van der Waals surface area contributed by atoms with E-state index in [1.807, 2.05) is 19.2 Å². The van der Waals surface area contributed by atoms with Gasteiger partial charge < -0.3 is 10.2 Å². The molecule has 3 nitrogen and oxygen atoms in total. The first-order valence-electron chi connectivity index (χ1n) is 6.24. The third kappa shape index (κ3) is 5.07. The fourth-order valence-electron chi connectivity index (χ4n) is 1.87. The van der Waals surface area contributed by atoms with E-state index in [1.165, 1.54) is 23.1 Å². The van der Waals surface area contributed by atoms with Gasteiger partial charge in [-0.3, -0.25) is 4.79 Å². The number of benzene rings is 1. The quantitative estimate of drug-likeness (QED) is 0.806. The molecule has 2 rings (SSSR count). The Morgan fingerprint density at radius 3 is 2.86 bits per heavy atom. The number of anilines is 1. The van der Waals surface area contributed by atoms with Crippen molar-refractivity contribution in [3.63, 3.8) is 0 Å². The highest BCUT2D eigenvalue weighted by Gasteiger charge is 2.14. The van der Waals surface area contributed by atoms with Crippen LogP contribution in [0.25, 0.3) is 0 Å². The Morgan fingerprint density at radius 1 is 1.43 bits per heavy atom. The third-order valence-corrected chi connectivity index (χ3v) is 4.63. The Kier molecular flexibility index (Phi) is 5.75. The predicted octanol–water partition coefficient (Wildman–Crippen LogP) is 2.96. The summed E-state index contributed by atoms with van der Waals surface area (Å²) in [6.07, 6.45) is 0. The van der Waals surface area contributed by atoms with Gasteiger partial charge in [0.15, 0.2) is 6.54 Å². The van der Waals surface area contributed by atoms with E-state index in [0.29, 0.717) is 5.02 Å². The van der Waals surface area contributed by atoms with Crippen LogP contribution < -0.4 is 10.2 Å². The number of quaternary nitrogens is 1. The normalized spacial score (nSPS) is 12.2. The standard InChI is InChI=1S/C14H13BrClFN2OS/c1-19(7-10-3-5-13(15)21-10)8-14(20)18-12-6-9(16)2-4-11(12)17/h2-6H,7-8H2,1H3,(H,18,20)/p+1. The molecule has 0 fully saturated rings.